The second-order valence-corrected chi connectivity index (χ2v) is 5.69. The highest BCUT2D eigenvalue weighted by Crippen LogP contribution is 2.60. The Bertz CT molecular complexity index is 466. The number of carbonyl (C=O) groups is 1. The zero-order valence-electron chi connectivity index (χ0n) is 8.97. The van der Waals surface area contributed by atoms with E-state index in [0.717, 1.165) is 0 Å². The van der Waals surface area contributed by atoms with Crippen LogP contribution in [0.25, 0.3) is 0 Å². The Morgan fingerprint density at radius 2 is 1.88 bits per heavy atom. The predicted molar refractivity (Wildman–Crippen MR) is 58.3 cm³/mol. The summed E-state index contributed by atoms with van der Waals surface area (Å²) in [6, 6.07) is 6.95. The van der Waals surface area contributed by atoms with Crippen molar-refractivity contribution in [3.63, 3.8) is 0 Å². The molecule has 1 aromatic carbocycles. The molecule has 1 atom stereocenters. The van der Waals surface area contributed by atoms with Crippen molar-refractivity contribution in [1.82, 2.24) is 5.32 Å². The SMILES string of the molecule is COP(=O)(OC)C1NC(=O)c2ccccc21. The van der Waals surface area contributed by atoms with Gasteiger partial charge in [-0.3, -0.25) is 9.36 Å². The second-order valence-electron chi connectivity index (χ2n) is 3.37. The van der Waals surface area contributed by atoms with E-state index in [1.807, 2.05) is 0 Å². The highest BCUT2D eigenvalue weighted by molar-refractivity contribution is 7.54. The van der Waals surface area contributed by atoms with Gasteiger partial charge in [0.05, 0.1) is 0 Å². The number of rotatable bonds is 3. The van der Waals surface area contributed by atoms with Gasteiger partial charge >= 0.3 is 7.60 Å². The minimum atomic E-state index is -3.33. The minimum absolute atomic E-state index is 0.255. The Morgan fingerprint density at radius 3 is 2.50 bits per heavy atom. The lowest BCUT2D eigenvalue weighted by molar-refractivity contribution is 0.0958. The largest absolute Gasteiger partial charge is 0.356 e. The van der Waals surface area contributed by atoms with Gasteiger partial charge in [0.1, 0.15) is 0 Å². The Kier molecular flexibility index (Phi) is 2.84. The van der Waals surface area contributed by atoms with Crippen molar-refractivity contribution in [3.05, 3.63) is 35.4 Å². The van der Waals surface area contributed by atoms with E-state index in [4.69, 9.17) is 9.05 Å². The van der Waals surface area contributed by atoms with Crippen LogP contribution in [-0.2, 0) is 13.6 Å². The molecule has 1 aliphatic heterocycles. The molecule has 1 unspecified atom stereocenters. The van der Waals surface area contributed by atoms with Crippen LogP contribution in [-0.4, -0.2) is 20.1 Å². The molecule has 1 aromatic rings. The van der Waals surface area contributed by atoms with Crippen LogP contribution >= 0.6 is 7.60 Å². The molecule has 0 bridgehead atoms. The molecule has 1 heterocycles. The lowest BCUT2D eigenvalue weighted by Gasteiger charge is -2.20. The maximum Gasteiger partial charge on any atom is 0.356 e. The molecule has 0 aromatic heterocycles. The molecule has 0 aliphatic carbocycles. The molecule has 86 valence electrons. The Morgan fingerprint density at radius 1 is 1.25 bits per heavy atom. The molecule has 5 nitrogen and oxygen atoms in total. The molecule has 0 radical (unpaired) electrons. The van der Waals surface area contributed by atoms with E-state index < -0.39 is 13.4 Å². The average molecular weight is 241 g/mol. The summed E-state index contributed by atoms with van der Waals surface area (Å²) < 4.78 is 22.0. The lowest BCUT2D eigenvalue weighted by atomic mass is 10.1. The van der Waals surface area contributed by atoms with Gasteiger partial charge in [-0.05, 0) is 11.6 Å². The molecule has 1 aliphatic rings. The number of fused-ring (bicyclic) bond motifs is 1. The summed E-state index contributed by atoms with van der Waals surface area (Å²) in [5, 5.41) is 2.61. The first-order chi connectivity index (χ1) is 7.62. The zero-order valence-corrected chi connectivity index (χ0v) is 9.86. The normalized spacial score (nSPS) is 19.4. The summed E-state index contributed by atoms with van der Waals surface area (Å²) in [5.41, 5.74) is 1.17. The van der Waals surface area contributed by atoms with Crippen molar-refractivity contribution in [1.29, 1.82) is 0 Å². The monoisotopic (exact) mass is 241 g/mol. The maximum absolute atomic E-state index is 12.2. The molecule has 0 fully saturated rings. The third-order valence-electron chi connectivity index (χ3n) is 2.59. The van der Waals surface area contributed by atoms with Crippen molar-refractivity contribution < 1.29 is 18.4 Å². The Balaban J connectivity index is 2.49. The quantitative estimate of drug-likeness (QED) is 0.821. The Labute approximate surface area is 93.3 Å². The molecule has 1 N–H and O–H groups in total. The van der Waals surface area contributed by atoms with E-state index in [9.17, 15) is 9.36 Å². The predicted octanol–water partition coefficient (Wildman–Crippen LogP) is 1.91. The number of benzene rings is 1. The van der Waals surface area contributed by atoms with Crippen LogP contribution < -0.4 is 5.32 Å². The van der Waals surface area contributed by atoms with Gasteiger partial charge in [-0.2, -0.15) is 0 Å². The van der Waals surface area contributed by atoms with Crippen LogP contribution in [0.4, 0.5) is 0 Å². The number of hydrogen-bond donors (Lipinski definition) is 1. The van der Waals surface area contributed by atoms with E-state index in [-0.39, 0.29) is 5.91 Å². The molecule has 2 rings (SSSR count). The van der Waals surface area contributed by atoms with Gasteiger partial charge in [0, 0.05) is 19.8 Å². The molecular formula is C10H12NO4P. The average Bonchev–Trinajstić information content (AvgIpc) is 2.67. The van der Waals surface area contributed by atoms with Crippen LogP contribution in [0.1, 0.15) is 21.7 Å². The van der Waals surface area contributed by atoms with E-state index in [0.29, 0.717) is 11.1 Å². The fraction of sp³-hybridized carbons (Fsp3) is 0.300. The highest BCUT2D eigenvalue weighted by Gasteiger charge is 2.42. The van der Waals surface area contributed by atoms with Gasteiger partial charge in [0.2, 0.25) is 0 Å². The molecule has 0 spiro atoms. The van der Waals surface area contributed by atoms with Gasteiger partial charge in [-0.25, -0.2) is 0 Å². The summed E-state index contributed by atoms with van der Waals surface area (Å²) in [6.07, 6.45) is 0. The maximum atomic E-state index is 12.2. The van der Waals surface area contributed by atoms with E-state index in [1.54, 1.807) is 24.3 Å². The van der Waals surface area contributed by atoms with Crippen molar-refractivity contribution in [3.8, 4) is 0 Å². The van der Waals surface area contributed by atoms with Crippen LogP contribution in [0.5, 0.6) is 0 Å². The van der Waals surface area contributed by atoms with Crippen molar-refractivity contribution in [2.75, 3.05) is 14.2 Å². The Hall–Kier alpha value is -1.16. The summed E-state index contributed by atoms with van der Waals surface area (Å²) in [7, 11) is -0.725. The number of amides is 1. The fourth-order valence-corrected chi connectivity index (χ4v) is 3.17. The number of carbonyl (C=O) groups excluding carboxylic acids is 1. The molecule has 0 saturated heterocycles. The van der Waals surface area contributed by atoms with Gasteiger partial charge in [-0.1, -0.05) is 18.2 Å². The van der Waals surface area contributed by atoms with Crippen LogP contribution in [0.2, 0.25) is 0 Å². The molecule has 6 heteroatoms. The van der Waals surface area contributed by atoms with E-state index in [1.165, 1.54) is 14.2 Å². The minimum Gasteiger partial charge on any atom is -0.334 e. The van der Waals surface area contributed by atoms with Gasteiger partial charge in [-0.15, -0.1) is 0 Å². The lowest BCUT2D eigenvalue weighted by Crippen LogP contribution is -2.20. The van der Waals surface area contributed by atoms with Crippen molar-refractivity contribution >= 4 is 13.5 Å². The van der Waals surface area contributed by atoms with Crippen LogP contribution in [0, 0.1) is 0 Å². The first-order valence-electron chi connectivity index (χ1n) is 4.73. The topological polar surface area (TPSA) is 64.6 Å². The molecule has 16 heavy (non-hydrogen) atoms. The second kappa shape index (κ2) is 4.01. The van der Waals surface area contributed by atoms with Gasteiger partial charge in [0.25, 0.3) is 5.91 Å². The number of nitrogens with one attached hydrogen (secondary N) is 1. The first kappa shape index (κ1) is 11.3. The zero-order chi connectivity index (χ0) is 11.8. The third-order valence-corrected chi connectivity index (χ3v) is 4.65. The van der Waals surface area contributed by atoms with Crippen molar-refractivity contribution in [2.45, 2.75) is 5.78 Å². The van der Waals surface area contributed by atoms with E-state index >= 15 is 0 Å². The summed E-state index contributed by atoms with van der Waals surface area (Å²) in [4.78, 5) is 11.6. The smallest absolute Gasteiger partial charge is 0.334 e. The van der Waals surface area contributed by atoms with Crippen LogP contribution in [0.3, 0.4) is 0 Å². The van der Waals surface area contributed by atoms with Crippen molar-refractivity contribution in [2.24, 2.45) is 0 Å². The van der Waals surface area contributed by atoms with Gasteiger partial charge in [0.15, 0.2) is 5.78 Å². The third kappa shape index (κ3) is 1.57. The molecule has 1 amide bonds. The highest BCUT2D eigenvalue weighted by atomic mass is 31.2. The summed E-state index contributed by atoms with van der Waals surface area (Å²) >= 11 is 0. The summed E-state index contributed by atoms with van der Waals surface area (Å²) in [6.45, 7) is 0. The summed E-state index contributed by atoms with van der Waals surface area (Å²) in [5.74, 6) is -0.971. The van der Waals surface area contributed by atoms with Gasteiger partial charge < -0.3 is 14.4 Å². The first-order valence-corrected chi connectivity index (χ1v) is 6.34. The van der Waals surface area contributed by atoms with Crippen LogP contribution in [0.15, 0.2) is 24.3 Å². The standard InChI is InChI=1S/C10H12NO4P/c1-14-16(13,15-2)10-8-6-4-3-5-7(8)9(12)11-10/h3-6,10H,1-2H3,(H,11,12). The molecule has 0 saturated carbocycles. The fourth-order valence-electron chi connectivity index (χ4n) is 1.76. The molecular weight excluding hydrogens is 229 g/mol. The number of hydrogen-bond acceptors (Lipinski definition) is 4. The van der Waals surface area contributed by atoms with E-state index in [2.05, 4.69) is 5.32 Å².